The van der Waals surface area contributed by atoms with Gasteiger partial charge < -0.3 is 4.57 Å². The van der Waals surface area contributed by atoms with E-state index >= 15 is 0 Å². The molecule has 0 N–H and O–H groups in total. The first-order valence-electron chi connectivity index (χ1n) is 5.81. The number of hydrogen-bond acceptors (Lipinski definition) is 2. The lowest BCUT2D eigenvalue weighted by molar-refractivity contribution is 0.628. The van der Waals surface area contributed by atoms with Gasteiger partial charge in [0.15, 0.2) is 0 Å². The van der Waals surface area contributed by atoms with E-state index in [9.17, 15) is 4.39 Å². The second kappa shape index (κ2) is 4.21. The number of aromatic nitrogens is 2. The summed E-state index contributed by atoms with van der Waals surface area (Å²) in [4.78, 5) is 4.48. The molecule has 92 valence electrons. The number of imidazole rings is 1. The molecule has 2 aromatic carbocycles. The number of halogens is 1. The summed E-state index contributed by atoms with van der Waals surface area (Å²) in [6, 6.07) is 13.7. The van der Waals surface area contributed by atoms with Gasteiger partial charge in [-0.2, -0.15) is 5.26 Å². The quantitative estimate of drug-likeness (QED) is 0.666. The normalized spacial score (nSPS) is 10.6. The molecule has 19 heavy (non-hydrogen) atoms. The summed E-state index contributed by atoms with van der Waals surface area (Å²) < 4.78 is 15.2. The SMILES string of the molecule is Cn1c(-c2cccc(F)c2)nc2cc(C#N)ccc21. The molecule has 0 atom stereocenters. The smallest absolute Gasteiger partial charge is 0.140 e. The third kappa shape index (κ3) is 1.85. The molecular formula is C15H10FN3. The molecule has 0 fully saturated rings. The Balaban J connectivity index is 2.25. The van der Waals surface area contributed by atoms with Crippen molar-refractivity contribution in [2.24, 2.45) is 7.05 Å². The molecule has 1 aromatic heterocycles. The standard InChI is InChI=1S/C15H10FN3/c1-19-14-6-5-10(9-17)7-13(14)18-15(19)11-3-2-4-12(16)8-11/h2-8H,1H3. The first-order valence-corrected chi connectivity index (χ1v) is 5.81. The third-order valence-electron chi connectivity index (χ3n) is 3.09. The van der Waals surface area contributed by atoms with Crippen LogP contribution in [0.15, 0.2) is 42.5 Å². The molecule has 0 unspecified atom stereocenters. The number of fused-ring (bicyclic) bond motifs is 1. The molecule has 0 spiro atoms. The Labute approximate surface area is 109 Å². The lowest BCUT2D eigenvalue weighted by Crippen LogP contribution is -1.92. The van der Waals surface area contributed by atoms with Crippen LogP contribution in [0.25, 0.3) is 22.4 Å². The monoisotopic (exact) mass is 251 g/mol. The first kappa shape index (κ1) is 11.4. The average Bonchev–Trinajstić information content (AvgIpc) is 2.75. The van der Waals surface area contributed by atoms with Gasteiger partial charge in [0.2, 0.25) is 0 Å². The zero-order valence-electron chi connectivity index (χ0n) is 10.3. The molecule has 1 heterocycles. The highest BCUT2D eigenvalue weighted by Gasteiger charge is 2.10. The van der Waals surface area contributed by atoms with E-state index in [4.69, 9.17) is 5.26 Å². The van der Waals surface area contributed by atoms with Crippen LogP contribution in [0.4, 0.5) is 4.39 Å². The van der Waals surface area contributed by atoms with Crippen molar-refractivity contribution in [1.82, 2.24) is 9.55 Å². The number of rotatable bonds is 1. The van der Waals surface area contributed by atoms with Gasteiger partial charge in [-0.1, -0.05) is 12.1 Å². The van der Waals surface area contributed by atoms with Crippen LogP contribution in [-0.4, -0.2) is 9.55 Å². The van der Waals surface area contributed by atoms with Crippen LogP contribution in [0.3, 0.4) is 0 Å². The van der Waals surface area contributed by atoms with Crippen molar-refractivity contribution in [3.8, 4) is 17.5 Å². The second-order valence-electron chi connectivity index (χ2n) is 4.32. The Morgan fingerprint density at radius 2 is 2.05 bits per heavy atom. The van der Waals surface area contributed by atoms with Gasteiger partial charge in [0, 0.05) is 12.6 Å². The predicted octanol–water partition coefficient (Wildman–Crippen LogP) is 3.25. The summed E-state index contributed by atoms with van der Waals surface area (Å²) in [5.41, 5.74) is 2.94. The van der Waals surface area contributed by atoms with Crippen molar-refractivity contribution < 1.29 is 4.39 Å². The van der Waals surface area contributed by atoms with E-state index in [-0.39, 0.29) is 5.82 Å². The minimum atomic E-state index is -0.290. The van der Waals surface area contributed by atoms with E-state index in [0.29, 0.717) is 11.4 Å². The summed E-state index contributed by atoms with van der Waals surface area (Å²) in [6.07, 6.45) is 0. The van der Waals surface area contributed by atoms with Crippen LogP contribution >= 0.6 is 0 Å². The van der Waals surface area contributed by atoms with E-state index in [1.807, 2.05) is 23.7 Å². The summed E-state index contributed by atoms with van der Waals surface area (Å²) in [5, 5.41) is 8.89. The predicted molar refractivity (Wildman–Crippen MR) is 70.8 cm³/mol. The molecule has 0 aliphatic carbocycles. The third-order valence-corrected chi connectivity index (χ3v) is 3.09. The Kier molecular flexibility index (Phi) is 2.53. The fourth-order valence-electron chi connectivity index (χ4n) is 2.16. The van der Waals surface area contributed by atoms with Gasteiger partial charge >= 0.3 is 0 Å². The highest BCUT2D eigenvalue weighted by molar-refractivity contribution is 5.81. The van der Waals surface area contributed by atoms with Gasteiger partial charge in [0.25, 0.3) is 0 Å². The van der Waals surface area contributed by atoms with Gasteiger partial charge in [0.1, 0.15) is 11.6 Å². The minimum absolute atomic E-state index is 0.290. The highest BCUT2D eigenvalue weighted by atomic mass is 19.1. The minimum Gasteiger partial charge on any atom is -0.327 e. The maximum atomic E-state index is 13.3. The number of nitriles is 1. The van der Waals surface area contributed by atoms with Crippen LogP contribution in [-0.2, 0) is 7.05 Å². The molecule has 3 rings (SSSR count). The van der Waals surface area contributed by atoms with Gasteiger partial charge in [-0.15, -0.1) is 0 Å². The van der Waals surface area contributed by atoms with Gasteiger partial charge in [0.05, 0.1) is 22.7 Å². The Bertz CT molecular complexity index is 812. The Morgan fingerprint density at radius 3 is 2.79 bits per heavy atom. The molecule has 4 heteroatoms. The Morgan fingerprint density at radius 1 is 1.21 bits per heavy atom. The van der Waals surface area contributed by atoms with Crippen LogP contribution in [0.5, 0.6) is 0 Å². The largest absolute Gasteiger partial charge is 0.327 e. The summed E-state index contributed by atoms with van der Waals surface area (Å²) in [5.74, 6) is 0.395. The molecule has 3 aromatic rings. The van der Waals surface area contributed by atoms with Crippen LogP contribution < -0.4 is 0 Å². The second-order valence-corrected chi connectivity index (χ2v) is 4.32. The highest BCUT2D eigenvalue weighted by Crippen LogP contribution is 2.24. The van der Waals surface area contributed by atoms with Crippen molar-refractivity contribution in [1.29, 1.82) is 5.26 Å². The molecule has 0 bridgehead atoms. The fraction of sp³-hybridized carbons (Fsp3) is 0.0667. The lowest BCUT2D eigenvalue weighted by Gasteiger charge is -2.02. The Hall–Kier alpha value is -2.67. The van der Waals surface area contributed by atoms with Gasteiger partial charge in [-0.25, -0.2) is 9.37 Å². The molecule has 0 amide bonds. The van der Waals surface area contributed by atoms with E-state index in [1.54, 1.807) is 18.2 Å². The van der Waals surface area contributed by atoms with Crippen molar-refractivity contribution in [3.63, 3.8) is 0 Å². The van der Waals surface area contributed by atoms with Crippen LogP contribution in [0.1, 0.15) is 5.56 Å². The molecule has 0 saturated carbocycles. The average molecular weight is 251 g/mol. The molecule has 0 aliphatic heterocycles. The molecule has 0 saturated heterocycles. The zero-order valence-corrected chi connectivity index (χ0v) is 10.3. The van der Waals surface area contributed by atoms with Gasteiger partial charge in [-0.05, 0) is 30.3 Å². The topological polar surface area (TPSA) is 41.6 Å². The summed E-state index contributed by atoms with van der Waals surface area (Å²) in [7, 11) is 1.88. The van der Waals surface area contributed by atoms with E-state index in [0.717, 1.165) is 16.6 Å². The molecule has 3 nitrogen and oxygen atoms in total. The van der Waals surface area contributed by atoms with Crippen molar-refractivity contribution in [2.45, 2.75) is 0 Å². The van der Waals surface area contributed by atoms with Crippen molar-refractivity contribution in [2.75, 3.05) is 0 Å². The van der Waals surface area contributed by atoms with Crippen LogP contribution in [0, 0.1) is 17.1 Å². The van der Waals surface area contributed by atoms with Crippen molar-refractivity contribution in [3.05, 3.63) is 53.8 Å². The van der Waals surface area contributed by atoms with Gasteiger partial charge in [-0.3, -0.25) is 0 Å². The number of benzene rings is 2. The van der Waals surface area contributed by atoms with E-state index in [1.165, 1.54) is 12.1 Å². The fourth-order valence-corrected chi connectivity index (χ4v) is 2.16. The van der Waals surface area contributed by atoms with E-state index < -0.39 is 0 Å². The summed E-state index contributed by atoms with van der Waals surface area (Å²) in [6.45, 7) is 0. The van der Waals surface area contributed by atoms with Crippen LogP contribution in [0.2, 0.25) is 0 Å². The molecule has 0 radical (unpaired) electrons. The zero-order chi connectivity index (χ0) is 13.4. The maximum absolute atomic E-state index is 13.3. The summed E-state index contributed by atoms with van der Waals surface area (Å²) >= 11 is 0. The first-order chi connectivity index (χ1) is 9.19. The van der Waals surface area contributed by atoms with E-state index in [2.05, 4.69) is 11.1 Å². The van der Waals surface area contributed by atoms with Crippen molar-refractivity contribution >= 4 is 11.0 Å². The number of aryl methyl sites for hydroxylation is 1. The maximum Gasteiger partial charge on any atom is 0.140 e. The molecule has 0 aliphatic rings. The lowest BCUT2D eigenvalue weighted by atomic mass is 10.2. The number of hydrogen-bond donors (Lipinski definition) is 0. The number of nitrogens with zero attached hydrogens (tertiary/aromatic N) is 3. The molecular weight excluding hydrogens is 241 g/mol.